The number of likely N-dealkylation sites (tertiary alicyclic amines) is 1. The molecule has 2 fully saturated rings. The summed E-state index contributed by atoms with van der Waals surface area (Å²) in [6, 6.07) is -0.374. The van der Waals surface area contributed by atoms with Crippen molar-refractivity contribution in [3.63, 3.8) is 0 Å². The molecule has 0 aromatic heterocycles. The van der Waals surface area contributed by atoms with Crippen molar-refractivity contribution < 1.29 is 9.53 Å². The Morgan fingerprint density at radius 2 is 2.00 bits per heavy atom. The lowest BCUT2D eigenvalue weighted by molar-refractivity contribution is -0.143. The SMILES string of the molecule is CC(N)C(=O)N1CCC2(CCCCO2)CC1. The van der Waals surface area contributed by atoms with Gasteiger partial charge in [0, 0.05) is 19.7 Å². The molecule has 2 heterocycles. The Morgan fingerprint density at radius 3 is 2.50 bits per heavy atom. The van der Waals surface area contributed by atoms with Crippen LogP contribution in [0.15, 0.2) is 0 Å². The van der Waals surface area contributed by atoms with Crippen molar-refractivity contribution in [3.05, 3.63) is 0 Å². The number of nitrogens with zero attached hydrogens (tertiary/aromatic N) is 1. The van der Waals surface area contributed by atoms with Gasteiger partial charge in [0.05, 0.1) is 11.6 Å². The third kappa shape index (κ3) is 2.38. The van der Waals surface area contributed by atoms with Crippen molar-refractivity contribution in [1.29, 1.82) is 0 Å². The van der Waals surface area contributed by atoms with Crippen molar-refractivity contribution in [1.82, 2.24) is 4.90 Å². The highest BCUT2D eigenvalue weighted by Crippen LogP contribution is 2.34. The van der Waals surface area contributed by atoms with E-state index in [1.165, 1.54) is 12.8 Å². The molecule has 92 valence electrons. The minimum Gasteiger partial charge on any atom is -0.375 e. The fourth-order valence-electron chi connectivity index (χ4n) is 2.73. The van der Waals surface area contributed by atoms with E-state index in [0.29, 0.717) is 0 Å². The van der Waals surface area contributed by atoms with Gasteiger partial charge in [-0.05, 0) is 39.0 Å². The Bertz CT molecular complexity index is 250. The van der Waals surface area contributed by atoms with E-state index in [9.17, 15) is 4.79 Å². The molecule has 16 heavy (non-hydrogen) atoms. The number of amides is 1. The van der Waals surface area contributed by atoms with Crippen LogP contribution in [0.3, 0.4) is 0 Å². The van der Waals surface area contributed by atoms with Gasteiger partial charge in [0.25, 0.3) is 0 Å². The monoisotopic (exact) mass is 226 g/mol. The first-order chi connectivity index (χ1) is 7.63. The standard InChI is InChI=1S/C12H22N2O2/c1-10(13)11(15)14-7-5-12(6-8-14)4-2-3-9-16-12/h10H,2-9,13H2,1H3. The molecule has 2 saturated heterocycles. The fraction of sp³-hybridized carbons (Fsp3) is 0.917. The highest BCUT2D eigenvalue weighted by Gasteiger charge is 2.38. The lowest BCUT2D eigenvalue weighted by atomic mass is 9.84. The highest BCUT2D eigenvalue weighted by molar-refractivity contribution is 5.81. The van der Waals surface area contributed by atoms with Crippen molar-refractivity contribution in [2.24, 2.45) is 5.73 Å². The van der Waals surface area contributed by atoms with Crippen LogP contribution in [0.1, 0.15) is 39.0 Å². The molecule has 0 bridgehead atoms. The average molecular weight is 226 g/mol. The van der Waals surface area contributed by atoms with Gasteiger partial charge >= 0.3 is 0 Å². The molecule has 0 aromatic rings. The van der Waals surface area contributed by atoms with E-state index in [-0.39, 0.29) is 17.6 Å². The van der Waals surface area contributed by atoms with Crippen LogP contribution in [0.5, 0.6) is 0 Å². The number of carbonyl (C=O) groups excluding carboxylic acids is 1. The van der Waals surface area contributed by atoms with Crippen LogP contribution < -0.4 is 5.73 Å². The maximum absolute atomic E-state index is 11.7. The molecule has 1 spiro atoms. The van der Waals surface area contributed by atoms with Crippen LogP contribution in [-0.2, 0) is 9.53 Å². The summed E-state index contributed by atoms with van der Waals surface area (Å²) in [5, 5.41) is 0. The Labute approximate surface area is 97.1 Å². The zero-order valence-corrected chi connectivity index (χ0v) is 10.1. The zero-order chi connectivity index (χ0) is 11.6. The van der Waals surface area contributed by atoms with E-state index >= 15 is 0 Å². The van der Waals surface area contributed by atoms with E-state index in [0.717, 1.165) is 39.0 Å². The molecule has 0 aromatic carbocycles. The summed E-state index contributed by atoms with van der Waals surface area (Å²) in [6.45, 7) is 4.26. The Balaban J connectivity index is 1.88. The van der Waals surface area contributed by atoms with Gasteiger partial charge in [0.1, 0.15) is 0 Å². The summed E-state index contributed by atoms with van der Waals surface area (Å²) < 4.78 is 5.93. The first-order valence-electron chi connectivity index (χ1n) is 6.31. The predicted molar refractivity (Wildman–Crippen MR) is 62.0 cm³/mol. The van der Waals surface area contributed by atoms with Gasteiger partial charge in [-0.25, -0.2) is 0 Å². The summed E-state index contributed by atoms with van der Waals surface area (Å²) in [7, 11) is 0. The van der Waals surface area contributed by atoms with Crippen LogP contribution in [0, 0.1) is 0 Å². The molecule has 1 amide bonds. The number of hydrogen-bond acceptors (Lipinski definition) is 3. The minimum absolute atomic E-state index is 0.0747. The second-order valence-corrected chi connectivity index (χ2v) is 5.10. The first kappa shape index (κ1) is 11.9. The normalized spacial score (nSPS) is 26.8. The molecule has 0 saturated carbocycles. The van der Waals surface area contributed by atoms with E-state index in [4.69, 9.17) is 10.5 Å². The quantitative estimate of drug-likeness (QED) is 0.722. The second kappa shape index (κ2) is 4.72. The molecular formula is C12H22N2O2. The number of nitrogens with two attached hydrogens (primary N) is 1. The smallest absolute Gasteiger partial charge is 0.239 e. The van der Waals surface area contributed by atoms with Gasteiger partial charge in [-0.1, -0.05) is 0 Å². The van der Waals surface area contributed by atoms with E-state index in [2.05, 4.69) is 0 Å². The van der Waals surface area contributed by atoms with E-state index < -0.39 is 0 Å². The van der Waals surface area contributed by atoms with Gasteiger partial charge in [0.15, 0.2) is 0 Å². The van der Waals surface area contributed by atoms with Crippen molar-refractivity contribution in [3.8, 4) is 0 Å². The summed E-state index contributed by atoms with van der Waals surface area (Å²) in [6.07, 6.45) is 5.57. The van der Waals surface area contributed by atoms with Crippen LogP contribution in [0.2, 0.25) is 0 Å². The van der Waals surface area contributed by atoms with Crippen molar-refractivity contribution in [2.75, 3.05) is 19.7 Å². The molecule has 4 heteroatoms. The molecule has 2 aliphatic heterocycles. The van der Waals surface area contributed by atoms with E-state index in [1.807, 2.05) is 4.90 Å². The van der Waals surface area contributed by atoms with Crippen molar-refractivity contribution in [2.45, 2.75) is 50.7 Å². The Hall–Kier alpha value is -0.610. The topological polar surface area (TPSA) is 55.6 Å². The number of hydrogen-bond donors (Lipinski definition) is 1. The summed E-state index contributed by atoms with van der Waals surface area (Å²) in [5.74, 6) is 0.0747. The first-order valence-corrected chi connectivity index (χ1v) is 6.31. The molecule has 1 atom stereocenters. The molecule has 0 aliphatic carbocycles. The Morgan fingerprint density at radius 1 is 1.31 bits per heavy atom. The van der Waals surface area contributed by atoms with Crippen LogP contribution in [0.25, 0.3) is 0 Å². The largest absolute Gasteiger partial charge is 0.375 e. The highest BCUT2D eigenvalue weighted by atomic mass is 16.5. The van der Waals surface area contributed by atoms with Gasteiger partial charge in [0.2, 0.25) is 5.91 Å². The lowest BCUT2D eigenvalue weighted by Gasteiger charge is -2.44. The van der Waals surface area contributed by atoms with Crippen molar-refractivity contribution >= 4 is 5.91 Å². The Kier molecular flexibility index (Phi) is 3.50. The van der Waals surface area contributed by atoms with Crippen LogP contribution in [-0.4, -0.2) is 42.1 Å². The third-order valence-electron chi connectivity index (χ3n) is 3.81. The van der Waals surface area contributed by atoms with Gasteiger partial charge in [-0.3, -0.25) is 4.79 Å². The summed E-state index contributed by atoms with van der Waals surface area (Å²) in [5.41, 5.74) is 5.69. The number of rotatable bonds is 1. The molecule has 4 nitrogen and oxygen atoms in total. The number of piperidine rings is 1. The maximum Gasteiger partial charge on any atom is 0.239 e. The van der Waals surface area contributed by atoms with E-state index in [1.54, 1.807) is 6.92 Å². The minimum atomic E-state index is -0.374. The summed E-state index contributed by atoms with van der Waals surface area (Å²) >= 11 is 0. The van der Waals surface area contributed by atoms with Crippen LogP contribution in [0.4, 0.5) is 0 Å². The number of carbonyl (C=O) groups is 1. The molecule has 0 radical (unpaired) electrons. The zero-order valence-electron chi connectivity index (χ0n) is 10.1. The second-order valence-electron chi connectivity index (χ2n) is 5.10. The molecule has 2 aliphatic rings. The average Bonchev–Trinajstić information content (AvgIpc) is 2.30. The van der Waals surface area contributed by atoms with Gasteiger partial charge < -0.3 is 15.4 Å². The molecule has 1 unspecified atom stereocenters. The number of ether oxygens (including phenoxy) is 1. The fourth-order valence-corrected chi connectivity index (χ4v) is 2.73. The third-order valence-corrected chi connectivity index (χ3v) is 3.81. The maximum atomic E-state index is 11.7. The van der Waals surface area contributed by atoms with Gasteiger partial charge in [-0.2, -0.15) is 0 Å². The lowest BCUT2D eigenvalue weighted by Crippen LogP contribution is -2.52. The molecule has 2 N–H and O–H groups in total. The molecular weight excluding hydrogens is 204 g/mol. The van der Waals surface area contributed by atoms with Gasteiger partial charge in [-0.15, -0.1) is 0 Å². The summed E-state index contributed by atoms with van der Waals surface area (Å²) in [4.78, 5) is 13.6. The van der Waals surface area contributed by atoms with Crippen LogP contribution >= 0.6 is 0 Å². The predicted octanol–water partition coefficient (Wildman–Crippen LogP) is 0.895. The molecule has 2 rings (SSSR count).